The van der Waals surface area contributed by atoms with E-state index in [9.17, 15) is 4.79 Å². The summed E-state index contributed by atoms with van der Waals surface area (Å²) in [6, 6.07) is 7.18. The lowest BCUT2D eigenvalue weighted by atomic mass is 10.1. The van der Waals surface area contributed by atoms with Crippen molar-refractivity contribution in [1.82, 2.24) is 25.5 Å². The number of nitriles is 1. The van der Waals surface area contributed by atoms with Gasteiger partial charge < -0.3 is 29.6 Å². The van der Waals surface area contributed by atoms with Gasteiger partial charge in [0, 0.05) is 24.7 Å². The first-order chi connectivity index (χ1) is 17.2. The van der Waals surface area contributed by atoms with Crippen molar-refractivity contribution >= 4 is 17.7 Å². The van der Waals surface area contributed by atoms with Crippen molar-refractivity contribution in [3.63, 3.8) is 0 Å². The van der Waals surface area contributed by atoms with Gasteiger partial charge in [-0.1, -0.05) is 0 Å². The summed E-state index contributed by atoms with van der Waals surface area (Å²) in [6.45, 7) is 6.12. The van der Waals surface area contributed by atoms with Gasteiger partial charge in [-0.2, -0.15) is 10.4 Å². The Morgan fingerprint density at radius 2 is 1.86 bits per heavy atom. The average Bonchev–Trinajstić information content (AvgIpc) is 3.30. The number of aromatic nitrogens is 4. The lowest BCUT2D eigenvalue weighted by Crippen LogP contribution is -2.33. The largest absolute Gasteiger partial charge is 0.496 e. The summed E-state index contributed by atoms with van der Waals surface area (Å²) in [5.41, 5.74) is 0.927. The van der Waals surface area contributed by atoms with Gasteiger partial charge in [0.15, 0.2) is 11.5 Å². The molecule has 2 heterocycles. The number of hydrogen-bond donors (Lipinski definition) is 3. The van der Waals surface area contributed by atoms with E-state index in [1.54, 1.807) is 32.4 Å². The van der Waals surface area contributed by atoms with E-state index in [4.69, 9.17) is 24.2 Å². The van der Waals surface area contributed by atoms with E-state index in [1.807, 2.05) is 26.8 Å². The molecule has 0 spiro atoms. The second-order valence-electron chi connectivity index (χ2n) is 8.52. The summed E-state index contributed by atoms with van der Waals surface area (Å²) in [4.78, 5) is 19.9. The van der Waals surface area contributed by atoms with Gasteiger partial charge in [-0.15, -0.1) is 0 Å². The lowest BCUT2D eigenvalue weighted by Gasteiger charge is -2.19. The molecule has 12 nitrogen and oxygen atoms in total. The van der Waals surface area contributed by atoms with Crippen molar-refractivity contribution in [2.75, 3.05) is 32.7 Å². The van der Waals surface area contributed by atoms with Crippen LogP contribution in [0, 0.1) is 11.3 Å². The lowest BCUT2D eigenvalue weighted by molar-refractivity contribution is 0.0525. The van der Waals surface area contributed by atoms with Crippen molar-refractivity contribution in [3.8, 4) is 34.6 Å². The number of nitrogens with one attached hydrogen (secondary N) is 3. The van der Waals surface area contributed by atoms with E-state index >= 15 is 0 Å². The molecule has 0 fully saturated rings. The van der Waals surface area contributed by atoms with E-state index in [2.05, 4.69) is 30.8 Å². The third-order valence-corrected chi connectivity index (χ3v) is 4.61. The molecular formula is C24H29N7O5. The summed E-state index contributed by atoms with van der Waals surface area (Å²) in [5.74, 6) is 2.50. The summed E-state index contributed by atoms with van der Waals surface area (Å²) in [7, 11) is 3.11. The van der Waals surface area contributed by atoms with Crippen molar-refractivity contribution in [2.45, 2.75) is 32.8 Å². The second kappa shape index (κ2) is 11.7. The molecular weight excluding hydrogens is 466 g/mol. The first-order valence-electron chi connectivity index (χ1n) is 11.1. The third-order valence-electron chi connectivity index (χ3n) is 4.61. The Hall–Kier alpha value is -4.53. The maximum atomic E-state index is 11.8. The van der Waals surface area contributed by atoms with E-state index in [-0.39, 0.29) is 5.69 Å². The molecule has 3 N–H and O–H groups in total. The molecule has 0 atom stereocenters. The van der Waals surface area contributed by atoms with E-state index in [0.29, 0.717) is 59.7 Å². The van der Waals surface area contributed by atoms with Crippen LogP contribution in [0.1, 0.15) is 32.9 Å². The Morgan fingerprint density at radius 1 is 1.08 bits per heavy atom. The Kier molecular flexibility index (Phi) is 8.51. The predicted molar refractivity (Wildman–Crippen MR) is 132 cm³/mol. The second-order valence-corrected chi connectivity index (χ2v) is 8.52. The highest BCUT2D eigenvalue weighted by Gasteiger charge is 2.19. The molecule has 1 amide bonds. The molecule has 12 heteroatoms. The fourth-order valence-corrected chi connectivity index (χ4v) is 3.08. The number of carbonyl (C=O) groups excluding carboxylic acids is 1. The van der Waals surface area contributed by atoms with Crippen LogP contribution in [0.15, 0.2) is 30.6 Å². The minimum absolute atomic E-state index is 0.217. The minimum Gasteiger partial charge on any atom is -0.496 e. The van der Waals surface area contributed by atoms with Crippen LogP contribution in [-0.4, -0.2) is 59.2 Å². The zero-order valence-corrected chi connectivity index (χ0v) is 20.8. The fourth-order valence-electron chi connectivity index (χ4n) is 3.08. The van der Waals surface area contributed by atoms with Crippen LogP contribution in [0.5, 0.6) is 17.2 Å². The van der Waals surface area contributed by atoms with Gasteiger partial charge in [0.1, 0.15) is 34.7 Å². The number of hydrogen-bond acceptors (Lipinski definition) is 10. The molecule has 0 unspecified atom stereocenters. The van der Waals surface area contributed by atoms with E-state index in [1.165, 1.54) is 12.4 Å². The minimum atomic E-state index is -0.558. The van der Waals surface area contributed by atoms with Crippen molar-refractivity contribution < 1.29 is 23.7 Å². The van der Waals surface area contributed by atoms with Gasteiger partial charge in [0.05, 0.1) is 44.5 Å². The number of rotatable bonds is 10. The Morgan fingerprint density at radius 3 is 2.50 bits per heavy atom. The zero-order chi connectivity index (χ0) is 26.1. The van der Waals surface area contributed by atoms with Gasteiger partial charge in [0.25, 0.3) is 0 Å². The van der Waals surface area contributed by atoms with Gasteiger partial charge in [0.2, 0.25) is 0 Å². The molecule has 3 rings (SSSR count). The highest BCUT2D eigenvalue weighted by atomic mass is 16.6. The highest BCUT2D eigenvalue weighted by molar-refractivity contribution is 5.77. The molecule has 3 aromatic rings. The van der Waals surface area contributed by atoms with Crippen molar-refractivity contribution in [1.29, 1.82) is 5.26 Å². The summed E-state index contributed by atoms with van der Waals surface area (Å²) in [5, 5.41) is 21.8. The van der Waals surface area contributed by atoms with Crippen molar-refractivity contribution in [3.05, 3.63) is 36.3 Å². The number of carbonyl (C=O) groups is 1. The summed E-state index contributed by atoms with van der Waals surface area (Å²) < 4.78 is 22.2. The highest BCUT2D eigenvalue weighted by Crippen LogP contribution is 2.41. The maximum Gasteiger partial charge on any atom is 0.407 e. The average molecular weight is 496 g/mol. The van der Waals surface area contributed by atoms with Crippen LogP contribution < -0.4 is 24.8 Å². The quantitative estimate of drug-likeness (QED) is 0.354. The number of amides is 1. The Labute approximate surface area is 209 Å². The van der Waals surface area contributed by atoms with Crippen molar-refractivity contribution in [2.24, 2.45) is 0 Å². The van der Waals surface area contributed by atoms with Crippen LogP contribution in [0.3, 0.4) is 0 Å². The smallest absolute Gasteiger partial charge is 0.407 e. The number of alkyl carbamates (subject to hydrolysis) is 1. The summed E-state index contributed by atoms with van der Waals surface area (Å²) >= 11 is 0. The van der Waals surface area contributed by atoms with Crippen LogP contribution in [0.25, 0.3) is 11.3 Å². The molecule has 1 aromatic carbocycles. The predicted octanol–water partition coefficient (Wildman–Crippen LogP) is 3.79. The molecule has 0 saturated carbocycles. The molecule has 36 heavy (non-hydrogen) atoms. The topological polar surface area (TPSA) is 156 Å². The Balaban J connectivity index is 1.73. The first kappa shape index (κ1) is 26.1. The van der Waals surface area contributed by atoms with Crippen LogP contribution in [-0.2, 0) is 4.74 Å². The number of anilines is 2. The number of benzene rings is 1. The molecule has 0 bridgehead atoms. The van der Waals surface area contributed by atoms with Crippen LogP contribution in [0.4, 0.5) is 16.4 Å². The van der Waals surface area contributed by atoms with Crippen LogP contribution in [0.2, 0.25) is 0 Å². The summed E-state index contributed by atoms with van der Waals surface area (Å²) in [6.07, 6.45) is 2.88. The third kappa shape index (κ3) is 7.23. The standard InChI is InChI=1S/C24H29N7O5/c1-24(2,3)36-23(32)26-7-6-8-35-19-10-16(33-4)9-18(34-5)22(19)17-11-20(31-30-17)29-21-14-27-15(12-25)13-28-21/h9-11,13-14H,6-8H2,1-5H3,(H,26,32)(H2,28,29,30,31). The van der Waals surface area contributed by atoms with Gasteiger partial charge in [-0.05, 0) is 27.2 Å². The van der Waals surface area contributed by atoms with Gasteiger partial charge >= 0.3 is 6.09 Å². The molecule has 0 saturated heterocycles. The maximum absolute atomic E-state index is 11.8. The van der Waals surface area contributed by atoms with Gasteiger partial charge in [-0.25, -0.2) is 14.8 Å². The number of methoxy groups -OCH3 is 2. The number of H-pyrrole nitrogens is 1. The molecule has 0 aliphatic rings. The molecule has 0 radical (unpaired) electrons. The van der Waals surface area contributed by atoms with Crippen LogP contribution >= 0.6 is 0 Å². The monoisotopic (exact) mass is 495 g/mol. The molecule has 0 aliphatic heterocycles. The first-order valence-corrected chi connectivity index (χ1v) is 11.1. The van der Waals surface area contributed by atoms with Gasteiger partial charge in [-0.3, -0.25) is 5.10 Å². The number of nitrogens with zero attached hydrogens (tertiary/aromatic N) is 4. The zero-order valence-electron chi connectivity index (χ0n) is 20.8. The number of ether oxygens (including phenoxy) is 4. The fraction of sp³-hybridized carbons (Fsp3) is 0.375. The Bertz CT molecular complexity index is 1210. The molecule has 2 aromatic heterocycles. The normalized spacial score (nSPS) is 10.8. The molecule has 0 aliphatic carbocycles. The number of aromatic amines is 1. The van der Waals surface area contributed by atoms with E-state index in [0.717, 1.165) is 0 Å². The van der Waals surface area contributed by atoms with E-state index < -0.39 is 11.7 Å². The SMILES string of the molecule is COc1cc(OC)c(-c2cc(Nc3cnc(C#N)cn3)n[nH]2)c(OCCCNC(=O)OC(C)(C)C)c1. The molecule has 190 valence electrons.